The second-order valence-corrected chi connectivity index (χ2v) is 5.35. The number of aliphatic imine (C=N–C) groups is 1. The fourth-order valence-electron chi connectivity index (χ4n) is 1.72. The molecule has 1 aliphatic rings. The Bertz CT molecular complexity index is 349. The Morgan fingerprint density at radius 2 is 2.25 bits per heavy atom. The van der Waals surface area contributed by atoms with Crippen molar-refractivity contribution in [3.63, 3.8) is 0 Å². The summed E-state index contributed by atoms with van der Waals surface area (Å²) < 4.78 is 9.91. The summed E-state index contributed by atoms with van der Waals surface area (Å²) in [6, 6.07) is 0. The van der Waals surface area contributed by atoms with Crippen LogP contribution in [0, 0.1) is 0 Å². The highest BCUT2D eigenvalue weighted by Crippen LogP contribution is 2.11. The first-order valence-electron chi connectivity index (χ1n) is 6.71. The van der Waals surface area contributed by atoms with Crippen molar-refractivity contribution in [3.05, 3.63) is 0 Å². The molecular weight excluding hydrogens is 280 g/mol. The smallest absolute Gasteiger partial charge is 0.305 e. The minimum atomic E-state index is -0.263. The number of esters is 1. The van der Waals surface area contributed by atoms with Crippen molar-refractivity contribution >= 4 is 29.9 Å². The molecule has 114 valence electrons. The summed E-state index contributed by atoms with van der Waals surface area (Å²) in [6.45, 7) is 3.35. The molecule has 0 aliphatic carbocycles. The van der Waals surface area contributed by atoms with Gasteiger partial charge in [0.15, 0.2) is 6.23 Å². The molecule has 0 aromatic rings. The lowest BCUT2D eigenvalue weighted by molar-refractivity contribution is -0.140. The number of hydrogen-bond donors (Lipinski definition) is 0. The lowest BCUT2D eigenvalue weighted by Crippen LogP contribution is -2.25. The van der Waals surface area contributed by atoms with Crippen LogP contribution >= 0.6 is 11.8 Å². The maximum atomic E-state index is 11.6. The van der Waals surface area contributed by atoms with E-state index >= 15 is 0 Å². The SMILES string of the molecule is CCOC1CN(CSCC(=O)CCCC(=O)OC)C=N1. The van der Waals surface area contributed by atoms with Crippen LogP contribution in [0.5, 0.6) is 0 Å². The van der Waals surface area contributed by atoms with E-state index in [1.54, 1.807) is 18.1 Å². The number of rotatable bonds is 10. The van der Waals surface area contributed by atoms with E-state index in [0.29, 0.717) is 31.6 Å². The molecule has 0 aromatic heterocycles. The molecule has 0 N–H and O–H groups in total. The Labute approximate surface area is 123 Å². The zero-order valence-electron chi connectivity index (χ0n) is 12.0. The van der Waals surface area contributed by atoms with Gasteiger partial charge in [0.2, 0.25) is 0 Å². The van der Waals surface area contributed by atoms with Crippen molar-refractivity contribution in [2.45, 2.75) is 32.4 Å². The van der Waals surface area contributed by atoms with Crippen LogP contribution in [0.25, 0.3) is 0 Å². The second kappa shape index (κ2) is 9.77. The molecule has 1 heterocycles. The van der Waals surface area contributed by atoms with Gasteiger partial charge in [-0.15, -0.1) is 11.8 Å². The van der Waals surface area contributed by atoms with Crippen molar-refractivity contribution in [2.75, 3.05) is 31.9 Å². The molecule has 0 radical (unpaired) electrons. The molecule has 7 heteroatoms. The van der Waals surface area contributed by atoms with E-state index in [1.165, 1.54) is 7.11 Å². The molecule has 1 aliphatic heterocycles. The fraction of sp³-hybridized carbons (Fsp3) is 0.769. The highest BCUT2D eigenvalue weighted by Gasteiger charge is 2.17. The summed E-state index contributed by atoms with van der Waals surface area (Å²) in [5.41, 5.74) is 0. The molecule has 0 amide bonds. The minimum Gasteiger partial charge on any atom is -0.469 e. The van der Waals surface area contributed by atoms with Crippen LogP contribution in [0.1, 0.15) is 26.2 Å². The van der Waals surface area contributed by atoms with Crippen molar-refractivity contribution in [1.29, 1.82) is 0 Å². The second-order valence-electron chi connectivity index (χ2n) is 4.39. The minimum absolute atomic E-state index is 0.0728. The molecule has 20 heavy (non-hydrogen) atoms. The van der Waals surface area contributed by atoms with Gasteiger partial charge >= 0.3 is 5.97 Å². The first-order chi connectivity index (χ1) is 9.65. The number of Topliss-reactive ketones (excluding diaryl/α,β-unsaturated/α-hetero) is 1. The van der Waals surface area contributed by atoms with Crippen molar-refractivity contribution in [3.8, 4) is 0 Å². The number of carbonyl (C=O) groups excluding carboxylic acids is 2. The van der Waals surface area contributed by atoms with E-state index in [0.717, 1.165) is 12.4 Å². The Morgan fingerprint density at radius 3 is 2.95 bits per heavy atom. The van der Waals surface area contributed by atoms with Crippen LogP contribution in [-0.2, 0) is 19.1 Å². The summed E-state index contributed by atoms with van der Waals surface area (Å²) in [7, 11) is 1.35. The number of thioether (sulfide) groups is 1. The van der Waals surface area contributed by atoms with Gasteiger partial charge in [-0.25, -0.2) is 4.99 Å². The molecule has 0 saturated carbocycles. The molecule has 0 bridgehead atoms. The monoisotopic (exact) mass is 302 g/mol. The Morgan fingerprint density at radius 1 is 1.45 bits per heavy atom. The molecule has 1 atom stereocenters. The van der Waals surface area contributed by atoms with Gasteiger partial charge in [-0.05, 0) is 13.3 Å². The number of hydrogen-bond acceptors (Lipinski definition) is 7. The van der Waals surface area contributed by atoms with Crippen LogP contribution in [0.2, 0.25) is 0 Å². The van der Waals surface area contributed by atoms with E-state index in [1.807, 2.05) is 11.8 Å². The molecule has 0 fully saturated rings. The van der Waals surface area contributed by atoms with E-state index in [4.69, 9.17) is 4.74 Å². The summed E-state index contributed by atoms with van der Waals surface area (Å²) in [6.07, 6.45) is 2.99. The third-order valence-electron chi connectivity index (χ3n) is 2.73. The van der Waals surface area contributed by atoms with Gasteiger partial charge < -0.3 is 14.4 Å². The standard InChI is InChI=1S/C13H22N2O4S/c1-3-19-12-7-15(9-14-12)10-20-8-11(16)5-4-6-13(17)18-2/h9,12H,3-8,10H2,1-2H3. The quantitative estimate of drug-likeness (QED) is 0.567. The predicted molar refractivity (Wildman–Crippen MR) is 78.8 cm³/mol. The normalized spacial score (nSPS) is 17.5. The molecule has 6 nitrogen and oxygen atoms in total. The predicted octanol–water partition coefficient (Wildman–Crippen LogP) is 1.30. The number of ketones is 1. The molecule has 1 unspecified atom stereocenters. The van der Waals surface area contributed by atoms with Crippen molar-refractivity contribution < 1.29 is 19.1 Å². The zero-order valence-corrected chi connectivity index (χ0v) is 12.9. The van der Waals surface area contributed by atoms with Crippen LogP contribution in [-0.4, -0.2) is 61.1 Å². The van der Waals surface area contributed by atoms with Gasteiger partial charge in [-0.2, -0.15) is 0 Å². The van der Waals surface area contributed by atoms with Crippen molar-refractivity contribution in [2.24, 2.45) is 4.99 Å². The molecule has 0 spiro atoms. The van der Waals surface area contributed by atoms with E-state index < -0.39 is 0 Å². The average molecular weight is 302 g/mol. The fourth-order valence-corrected chi connectivity index (χ4v) is 2.59. The average Bonchev–Trinajstić information content (AvgIpc) is 2.86. The first kappa shape index (κ1) is 17.0. The largest absolute Gasteiger partial charge is 0.469 e. The third-order valence-corrected chi connectivity index (χ3v) is 3.77. The van der Waals surface area contributed by atoms with Gasteiger partial charge in [0, 0.05) is 19.4 Å². The Balaban J connectivity index is 2.02. The van der Waals surface area contributed by atoms with E-state index in [2.05, 4.69) is 9.73 Å². The van der Waals surface area contributed by atoms with Gasteiger partial charge in [0.25, 0.3) is 0 Å². The topological polar surface area (TPSA) is 68.2 Å². The van der Waals surface area contributed by atoms with Gasteiger partial charge in [-0.1, -0.05) is 0 Å². The van der Waals surface area contributed by atoms with Crippen LogP contribution in [0.15, 0.2) is 4.99 Å². The number of nitrogens with zero attached hydrogens (tertiary/aromatic N) is 2. The lowest BCUT2D eigenvalue weighted by Gasteiger charge is -2.15. The highest BCUT2D eigenvalue weighted by molar-refractivity contribution is 7.99. The number of ether oxygens (including phenoxy) is 2. The Hall–Kier alpha value is -1.08. The summed E-state index contributed by atoms with van der Waals surface area (Å²) in [4.78, 5) is 28.7. The first-order valence-corrected chi connectivity index (χ1v) is 7.86. The van der Waals surface area contributed by atoms with Gasteiger partial charge in [0.1, 0.15) is 5.78 Å². The van der Waals surface area contributed by atoms with Crippen LogP contribution < -0.4 is 0 Å². The summed E-state index contributed by atoms with van der Waals surface area (Å²) >= 11 is 1.56. The molecular formula is C13H22N2O4S. The molecule has 0 aromatic carbocycles. The van der Waals surface area contributed by atoms with Crippen LogP contribution in [0.4, 0.5) is 0 Å². The Kier molecular flexibility index (Phi) is 8.29. The summed E-state index contributed by atoms with van der Waals surface area (Å²) in [5.74, 6) is 1.10. The van der Waals surface area contributed by atoms with Gasteiger partial charge in [-0.3, -0.25) is 9.59 Å². The third kappa shape index (κ3) is 6.91. The maximum absolute atomic E-state index is 11.6. The van der Waals surface area contributed by atoms with Gasteiger partial charge in [0.05, 0.1) is 31.6 Å². The number of carbonyl (C=O) groups is 2. The molecule has 0 saturated heterocycles. The lowest BCUT2D eigenvalue weighted by atomic mass is 10.2. The van der Waals surface area contributed by atoms with E-state index in [-0.39, 0.29) is 18.0 Å². The molecule has 1 rings (SSSR count). The summed E-state index contributed by atoms with van der Waals surface area (Å²) in [5, 5.41) is 0. The van der Waals surface area contributed by atoms with E-state index in [9.17, 15) is 9.59 Å². The zero-order chi connectivity index (χ0) is 14.8. The van der Waals surface area contributed by atoms with Crippen LogP contribution in [0.3, 0.4) is 0 Å². The van der Waals surface area contributed by atoms with Crippen molar-refractivity contribution in [1.82, 2.24) is 4.90 Å². The highest BCUT2D eigenvalue weighted by atomic mass is 32.2. The maximum Gasteiger partial charge on any atom is 0.305 e. The number of methoxy groups -OCH3 is 1.